The first-order valence-corrected chi connectivity index (χ1v) is 8.24. The molecule has 140 valence electrons. The van der Waals surface area contributed by atoms with Crippen molar-refractivity contribution in [3.63, 3.8) is 0 Å². The molecule has 0 radical (unpaired) electrons. The van der Waals surface area contributed by atoms with Gasteiger partial charge in [0.05, 0.1) is 18.8 Å². The van der Waals surface area contributed by atoms with Gasteiger partial charge in [-0.1, -0.05) is 0 Å². The minimum Gasteiger partial charge on any atom is -0.442 e. The number of hydrogen-bond acceptors (Lipinski definition) is 4. The number of nitrogens with zero attached hydrogens (tertiary/aromatic N) is 2. The van der Waals surface area contributed by atoms with Crippen LogP contribution in [0.2, 0.25) is 0 Å². The molecular formula is C19H17F2N3O3. The van der Waals surface area contributed by atoms with Gasteiger partial charge in [-0.2, -0.15) is 0 Å². The van der Waals surface area contributed by atoms with Crippen molar-refractivity contribution in [2.45, 2.75) is 13.0 Å². The second-order valence-electron chi connectivity index (χ2n) is 5.99. The van der Waals surface area contributed by atoms with Gasteiger partial charge in [-0.25, -0.2) is 13.6 Å². The average molecular weight is 373 g/mol. The molecule has 2 amide bonds. The van der Waals surface area contributed by atoms with E-state index in [-0.39, 0.29) is 30.1 Å². The molecule has 1 aromatic carbocycles. The zero-order valence-electron chi connectivity index (χ0n) is 14.5. The van der Waals surface area contributed by atoms with Gasteiger partial charge in [0.15, 0.2) is 0 Å². The lowest BCUT2D eigenvalue weighted by Gasteiger charge is -2.14. The number of carbonyl (C=O) groups excluding carboxylic acids is 2. The first kappa shape index (κ1) is 18.5. The summed E-state index contributed by atoms with van der Waals surface area (Å²) in [6.45, 7) is 1.72. The van der Waals surface area contributed by atoms with Crippen LogP contribution < -0.4 is 10.2 Å². The number of anilines is 1. The van der Waals surface area contributed by atoms with Crippen molar-refractivity contribution in [1.82, 2.24) is 10.3 Å². The Bertz CT molecular complexity index is 887. The number of carbonyl (C=O) groups is 2. The summed E-state index contributed by atoms with van der Waals surface area (Å²) in [5.74, 6) is -1.53. The third-order valence-electron chi connectivity index (χ3n) is 3.97. The van der Waals surface area contributed by atoms with E-state index in [9.17, 15) is 18.4 Å². The summed E-state index contributed by atoms with van der Waals surface area (Å²) >= 11 is 0. The van der Waals surface area contributed by atoms with Crippen molar-refractivity contribution in [1.29, 1.82) is 0 Å². The van der Waals surface area contributed by atoms with E-state index < -0.39 is 23.8 Å². The summed E-state index contributed by atoms with van der Waals surface area (Å²) < 4.78 is 33.7. The third-order valence-corrected chi connectivity index (χ3v) is 3.97. The molecule has 2 heterocycles. The number of cyclic esters (lactones) is 1. The molecule has 1 aliphatic rings. The second kappa shape index (κ2) is 7.94. The number of hydrogen-bond donors (Lipinski definition) is 1. The SMILES string of the molecule is CC(=O)NC[C@H]1CN(c2ccc(C=C(F)c3cccnc3)c(F)c2)C(=O)O1. The highest BCUT2D eigenvalue weighted by molar-refractivity contribution is 5.90. The van der Waals surface area contributed by atoms with Crippen LogP contribution in [0.5, 0.6) is 0 Å². The fraction of sp³-hybridized carbons (Fsp3) is 0.211. The van der Waals surface area contributed by atoms with Crippen molar-refractivity contribution in [2.24, 2.45) is 0 Å². The highest BCUT2D eigenvalue weighted by Gasteiger charge is 2.32. The van der Waals surface area contributed by atoms with Crippen molar-refractivity contribution in [3.05, 3.63) is 59.7 Å². The van der Waals surface area contributed by atoms with Crippen LogP contribution in [0.4, 0.5) is 19.3 Å². The Morgan fingerprint density at radius 2 is 2.26 bits per heavy atom. The Balaban J connectivity index is 1.75. The van der Waals surface area contributed by atoms with Crippen molar-refractivity contribution >= 4 is 29.6 Å². The molecule has 1 fully saturated rings. The quantitative estimate of drug-likeness (QED) is 0.874. The molecule has 0 saturated carbocycles. The molecule has 1 aliphatic heterocycles. The highest BCUT2D eigenvalue weighted by Crippen LogP contribution is 2.26. The molecule has 27 heavy (non-hydrogen) atoms. The largest absolute Gasteiger partial charge is 0.442 e. The maximum absolute atomic E-state index is 14.4. The van der Waals surface area contributed by atoms with Gasteiger partial charge in [-0.3, -0.25) is 14.7 Å². The van der Waals surface area contributed by atoms with Crippen LogP contribution in [0.15, 0.2) is 42.7 Å². The van der Waals surface area contributed by atoms with Gasteiger partial charge >= 0.3 is 6.09 Å². The van der Waals surface area contributed by atoms with Gasteiger partial charge in [-0.15, -0.1) is 0 Å². The van der Waals surface area contributed by atoms with E-state index in [4.69, 9.17) is 4.74 Å². The Hall–Kier alpha value is -3.29. The Morgan fingerprint density at radius 1 is 1.44 bits per heavy atom. The Kier molecular flexibility index (Phi) is 5.44. The summed E-state index contributed by atoms with van der Waals surface area (Å²) in [5.41, 5.74) is 0.578. The molecule has 0 aliphatic carbocycles. The summed E-state index contributed by atoms with van der Waals surface area (Å²) in [5, 5.41) is 2.57. The molecule has 0 unspecified atom stereocenters. The van der Waals surface area contributed by atoms with Crippen LogP contribution in [-0.4, -0.2) is 36.2 Å². The molecule has 1 atom stereocenters. The van der Waals surface area contributed by atoms with E-state index >= 15 is 0 Å². The molecule has 8 heteroatoms. The van der Waals surface area contributed by atoms with Crippen LogP contribution in [0.1, 0.15) is 18.1 Å². The van der Waals surface area contributed by atoms with Crippen LogP contribution in [0.3, 0.4) is 0 Å². The molecule has 1 aromatic heterocycles. The van der Waals surface area contributed by atoms with E-state index in [2.05, 4.69) is 10.3 Å². The first-order valence-electron chi connectivity index (χ1n) is 8.24. The number of amides is 2. The standard InChI is InChI=1S/C19H17F2N3O3/c1-12(25)23-10-16-11-24(19(26)27-16)15-5-4-13(18(21)8-15)7-17(20)14-3-2-6-22-9-14/h2-9,16H,10-11H2,1H3,(H,23,25)/t16-/m0/s1. The third kappa shape index (κ3) is 4.46. The van der Waals surface area contributed by atoms with E-state index in [1.807, 2.05) is 0 Å². The van der Waals surface area contributed by atoms with Crippen molar-refractivity contribution in [2.75, 3.05) is 18.0 Å². The molecule has 0 spiro atoms. The lowest BCUT2D eigenvalue weighted by Crippen LogP contribution is -2.33. The molecule has 2 aromatic rings. The minimum atomic E-state index is -0.676. The van der Waals surface area contributed by atoms with Gasteiger partial charge in [0.25, 0.3) is 0 Å². The molecule has 3 rings (SSSR count). The molecule has 6 nitrogen and oxygen atoms in total. The van der Waals surface area contributed by atoms with Crippen LogP contribution in [-0.2, 0) is 9.53 Å². The van der Waals surface area contributed by atoms with Crippen LogP contribution >= 0.6 is 0 Å². The summed E-state index contributed by atoms with van der Waals surface area (Å²) in [4.78, 5) is 28.0. The average Bonchev–Trinajstić information content (AvgIpc) is 3.03. The van der Waals surface area contributed by atoms with Crippen LogP contribution in [0, 0.1) is 5.82 Å². The van der Waals surface area contributed by atoms with Gasteiger partial charge in [0.1, 0.15) is 17.7 Å². The Labute approximate surface area is 154 Å². The van der Waals surface area contributed by atoms with Crippen molar-refractivity contribution < 1.29 is 23.1 Å². The summed E-state index contributed by atoms with van der Waals surface area (Å²) in [7, 11) is 0. The zero-order chi connectivity index (χ0) is 19.4. The number of rotatable bonds is 5. The predicted molar refractivity (Wildman–Crippen MR) is 95.9 cm³/mol. The number of ether oxygens (including phenoxy) is 1. The number of pyridine rings is 1. The molecule has 1 N–H and O–H groups in total. The summed E-state index contributed by atoms with van der Waals surface area (Å²) in [6, 6.07) is 7.14. The normalized spacial score (nSPS) is 17.0. The Morgan fingerprint density at radius 3 is 2.93 bits per heavy atom. The zero-order valence-corrected chi connectivity index (χ0v) is 14.5. The van der Waals surface area contributed by atoms with E-state index in [1.165, 1.54) is 42.4 Å². The minimum absolute atomic E-state index is 0.0439. The fourth-order valence-electron chi connectivity index (χ4n) is 2.62. The highest BCUT2D eigenvalue weighted by atomic mass is 19.1. The lowest BCUT2D eigenvalue weighted by atomic mass is 10.1. The van der Waals surface area contributed by atoms with Gasteiger partial charge in [0.2, 0.25) is 5.91 Å². The lowest BCUT2D eigenvalue weighted by molar-refractivity contribution is -0.119. The first-order chi connectivity index (χ1) is 12.9. The molecular weight excluding hydrogens is 356 g/mol. The van der Waals surface area contributed by atoms with E-state index in [1.54, 1.807) is 6.07 Å². The fourth-order valence-corrected chi connectivity index (χ4v) is 2.62. The topological polar surface area (TPSA) is 71.5 Å². The number of nitrogens with one attached hydrogen (secondary N) is 1. The van der Waals surface area contributed by atoms with Gasteiger partial charge in [0, 0.05) is 30.4 Å². The smallest absolute Gasteiger partial charge is 0.414 e. The van der Waals surface area contributed by atoms with Crippen LogP contribution in [0.25, 0.3) is 11.9 Å². The molecule has 0 bridgehead atoms. The number of benzene rings is 1. The maximum atomic E-state index is 14.4. The van der Waals surface area contributed by atoms with E-state index in [0.717, 1.165) is 12.1 Å². The predicted octanol–water partition coefficient (Wildman–Crippen LogP) is 3.15. The van der Waals surface area contributed by atoms with Gasteiger partial charge in [-0.05, 0) is 36.4 Å². The number of halogens is 2. The maximum Gasteiger partial charge on any atom is 0.414 e. The van der Waals surface area contributed by atoms with Crippen molar-refractivity contribution in [3.8, 4) is 0 Å². The molecule has 1 saturated heterocycles. The monoisotopic (exact) mass is 373 g/mol. The summed E-state index contributed by atoms with van der Waals surface area (Å²) in [6.07, 6.45) is 2.77. The second-order valence-corrected chi connectivity index (χ2v) is 5.99. The van der Waals surface area contributed by atoms with E-state index in [0.29, 0.717) is 5.69 Å². The van der Waals surface area contributed by atoms with Gasteiger partial charge < -0.3 is 10.1 Å². The number of aromatic nitrogens is 1.